The summed E-state index contributed by atoms with van der Waals surface area (Å²) in [5, 5.41) is 1.68. The van der Waals surface area contributed by atoms with Gasteiger partial charge in [0, 0.05) is 17.1 Å². The molecule has 0 saturated heterocycles. The number of rotatable bonds is 2. The molecule has 0 fully saturated rings. The quantitative estimate of drug-likeness (QED) is 0.669. The molecule has 0 aliphatic heterocycles. The predicted molar refractivity (Wildman–Crippen MR) is 78.7 cm³/mol. The maximum absolute atomic E-state index is 12.8. The van der Waals surface area contributed by atoms with Gasteiger partial charge in [0.1, 0.15) is 5.75 Å². The molecule has 0 aliphatic rings. The van der Waals surface area contributed by atoms with E-state index >= 15 is 0 Å². The summed E-state index contributed by atoms with van der Waals surface area (Å²) < 4.78 is 43.6. The van der Waals surface area contributed by atoms with Crippen LogP contribution in [0.1, 0.15) is 5.56 Å². The van der Waals surface area contributed by atoms with Gasteiger partial charge in [0.05, 0.1) is 18.4 Å². The molecule has 0 N–H and O–H groups in total. The average Bonchev–Trinajstić information content (AvgIpc) is 2.53. The molecule has 0 atom stereocenters. The third-order valence-electron chi connectivity index (χ3n) is 3.43. The summed E-state index contributed by atoms with van der Waals surface area (Å²) in [6, 6.07) is 12.4. The first-order valence-electron chi connectivity index (χ1n) is 6.59. The molecule has 112 valence electrons. The van der Waals surface area contributed by atoms with Crippen LogP contribution in [0.3, 0.4) is 0 Å². The summed E-state index contributed by atoms with van der Waals surface area (Å²) in [6.07, 6.45) is -2.75. The van der Waals surface area contributed by atoms with Crippen molar-refractivity contribution in [2.45, 2.75) is 6.18 Å². The number of alkyl halides is 3. The van der Waals surface area contributed by atoms with Crippen LogP contribution < -0.4 is 4.74 Å². The number of hydrogen-bond acceptors (Lipinski definition) is 2. The number of aromatic nitrogens is 1. The smallest absolute Gasteiger partial charge is 0.416 e. The lowest BCUT2D eigenvalue weighted by Crippen LogP contribution is -2.04. The van der Waals surface area contributed by atoms with Crippen molar-refractivity contribution >= 4 is 10.8 Å². The van der Waals surface area contributed by atoms with Crippen LogP contribution in [0, 0.1) is 0 Å². The van der Waals surface area contributed by atoms with Gasteiger partial charge in [0.2, 0.25) is 0 Å². The van der Waals surface area contributed by atoms with E-state index in [1.807, 2.05) is 18.2 Å². The zero-order chi connectivity index (χ0) is 15.7. The molecule has 0 amide bonds. The highest BCUT2D eigenvalue weighted by Gasteiger charge is 2.30. The number of benzene rings is 2. The van der Waals surface area contributed by atoms with Gasteiger partial charge in [-0.05, 0) is 29.7 Å². The summed E-state index contributed by atoms with van der Waals surface area (Å²) in [5.41, 5.74) is 0.240. The van der Waals surface area contributed by atoms with E-state index in [0.29, 0.717) is 17.0 Å². The molecule has 2 aromatic carbocycles. The highest BCUT2D eigenvalue weighted by Crippen LogP contribution is 2.33. The van der Waals surface area contributed by atoms with E-state index in [0.717, 1.165) is 22.9 Å². The molecule has 22 heavy (non-hydrogen) atoms. The number of pyridine rings is 1. The van der Waals surface area contributed by atoms with Crippen LogP contribution >= 0.6 is 0 Å². The fourth-order valence-electron chi connectivity index (χ4n) is 2.33. The zero-order valence-electron chi connectivity index (χ0n) is 11.7. The van der Waals surface area contributed by atoms with E-state index in [-0.39, 0.29) is 0 Å². The lowest BCUT2D eigenvalue weighted by Gasteiger charge is -2.10. The van der Waals surface area contributed by atoms with Crippen molar-refractivity contribution in [3.63, 3.8) is 0 Å². The van der Waals surface area contributed by atoms with Gasteiger partial charge in [0.25, 0.3) is 0 Å². The topological polar surface area (TPSA) is 22.1 Å². The monoisotopic (exact) mass is 303 g/mol. The Morgan fingerprint density at radius 3 is 2.50 bits per heavy atom. The summed E-state index contributed by atoms with van der Waals surface area (Å²) >= 11 is 0. The minimum Gasteiger partial charge on any atom is -0.496 e. The number of hydrogen-bond donors (Lipinski definition) is 0. The first kappa shape index (κ1) is 14.4. The number of methoxy groups -OCH3 is 1. The zero-order valence-corrected chi connectivity index (χ0v) is 11.7. The lowest BCUT2D eigenvalue weighted by atomic mass is 10.0. The SMILES string of the molecule is COc1cccc2cc(-c3cccc(C(F)(F)F)c3)ncc12. The predicted octanol–water partition coefficient (Wildman–Crippen LogP) is 4.93. The van der Waals surface area contributed by atoms with E-state index in [4.69, 9.17) is 4.74 Å². The van der Waals surface area contributed by atoms with Crippen molar-refractivity contribution in [1.29, 1.82) is 0 Å². The van der Waals surface area contributed by atoms with E-state index in [1.165, 1.54) is 6.07 Å². The highest BCUT2D eigenvalue weighted by molar-refractivity contribution is 5.90. The Morgan fingerprint density at radius 1 is 1.00 bits per heavy atom. The van der Waals surface area contributed by atoms with Gasteiger partial charge in [-0.1, -0.05) is 24.3 Å². The highest BCUT2D eigenvalue weighted by atomic mass is 19.4. The first-order valence-corrected chi connectivity index (χ1v) is 6.59. The second kappa shape index (κ2) is 5.33. The third kappa shape index (κ3) is 2.62. The fourth-order valence-corrected chi connectivity index (χ4v) is 2.33. The molecule has 0 saturated carbocycles. The van der Waals surface area contributed by atoms with Crippen molar-refractivity contribution < 1.29 is 17.9 Å². The molecular formula is C17H12F3NO. The van der Waals surface area contributed by atoms with E-state index in [1.54, 1.807) is 25.4 Å². The molecule has 3 aromatic rings. The summed E-state index contributed by atoms with van der Waals surface area (Å²) in [4.78, 5) is 4.26. The molecule has 1 aromatic heterocycles. The van der Waals surface area contributed by atoms with Crippen LogP contribution in [-0.2, 0) is 6.18 Å². The average molecular weight is 303 g/mol. The molecule has 0 spiro atoms. The summed E-state index contributed by atoms with van der Waals surface area (Å²) in [7, 11) is 1.56. The number of nitrogens with zero attached hydrogens (tertiary/aromatic N) is 1. The van der Waals surface area contributed by atoms with Crippen molar-refractivity contribution in [2.24, 2.45) is 0 Å². The second-order valence-corrected chi connectivity index (χ2v) is 4.83. The Labute approximate surface area is 125 Å². The molecule has 1 heterocycles. The van der Waals surface area contributed by atoms with Gasteiger partial charge in [0.15, 0.2) is 0 Å². The lowest BCUT2D eigenvalue weighted by molar-refractivity contribution is -0.137. The standard InChI is InChI=1S/C17H12F3NO/c1-22-16-7-3-4-11-9-15(21-10-14(11)16)12-5-2-6-13(8-12)17(18,19)20/h2-10H,1H3. The van der Waals surface area contributed by atoms with Crippen LogP contribution in [0.2, 0.25) is 0 Å². The Bertz CT molecular complexity index is 827. The van der Waals surface area contributed by atoms with E-state index < -0.39 is 11.7 Å². The summed E-state index contributed by atoms with van der Waals surface area (Å²) in [6.45, 7) is 0. The van der Waals surface area contributed by atoms with Crippen LogP contribution in [0.4, 0.5) is 13.2 Å². The normalized spacial score (nSPS) is 11.6. The van der Waals surface area contributed by atoms with Gasteiger partial charge in [-0.2, -0.15) is 13.2 Å². The van der Waals surface area contributed by atoms with E-state index in [9.17, 15) is 13.2 Å². The van der Waals surface area contributed by atoms with Gasteiger partial charge in [-0.15, -0.1) is 0 Å². The molecule has 0 unspecified atom stereocenters. The maximum Gasteiger partial charge on any atom is 0.416 e. The van der Waals surface area contributed by atoms with Gasteiger partial charge in [-0.25, -0.2) is 0 Å². The maximum atomic E-state index is 12.8. The van der Waals surface area contributed by atoms with E-state index in [2.05, 4.69) is 4.98 Å². The molecule has 0 radical (unpaired) electrons. The molecule has 2 nitrogen and oxygen atoms in total. The van der Waals surface area contributed by atoms with Crippen LogP contribution in [-0.4, -0.2) is 12.1 Å². The first-order chi connectivity index (χ1) is 10.5. The fraction of sp³-hybridized carbons (Fsp3) is 0.118. The van der Waals surface area contributed by atoms with Crippen molar-refractivity contribution in [2.75, 3.05) is 7.11 Å². The molecule has 0 bridgehead atoms. The van der Waals surface area contributed by atoms with Gasteiger partial charge >= 0.3 is 6.18 Å². The Hall–Kier alpha value is -2.56. The van der Waals surface area contributed by atoms with Crippen LogP contribution in [0.15, 0.2) is 54.7 Å². The molecular weight excluding hydrogens is 291 g/mol. The van der Waals surface area contributed by atoms with Crippen molar-refractivity contribution in [1.82, 2.24) is 4.98 Å². The molecule has 3 rings (SSSR count). The molecule has 5 heteroatoms. The van der Waals surface area contributed by atoms with Gasteiger partial charge in [-0.3, -0.25) is 4.98 Å². The van der Waals surface area contributed by atoms with Crippen LogP contribution in [0.5, 0.6) is 5.75 Å². The third-order valence-corrected chi connectivity index (χ3v) is 3.43. The minimum absolute atomic E-state index is 0.430. The Balaban J connectivity index is 2.11. The van der Waals surface area contributed by atoms with Gasteiger partial charge < -0.3 is 4.74 Å². The largest absolute Gasteiger partial charge is 0.496 e. The number of ether oxygens (including phenoxy) is 1. The van der Waals surface area contributed by atoms with Crippen LogP contribution in [0.25, 0.3) is 22.0 Å². The second-order valence-electron chi connectivity index (χ2n) is 4.83. The Kier molecular flexibility index (Phi) is 3.48. The van der Waals surface area contributed by atoms with Crippen molar-refractivity contribution in [3.05, 3.63) is 60.3 Å². The minimum atomic E-state index is -4.37. The summed E-state index contributed by atoms with van der Waals surface area (Å²) in [5.74, 6) is 0.681. The Morgan fingerprint density at radius 2 is 1.77 bits per heavy atom. The molecule has 0 aliphatic carbocycles. The number of halogens is 3. The van der Waals surface area contributed by atoms with Crippen molar-refractivity contribution in [3.8, 4) is 17.0 Å². The number of fused-ring (bicyclic) bond motifs is 1.